The number of hydrogen-bond acceptors (Lipinski definition) is 6. The van der Waals surface area contributed by atoms with Crippen molar-refractivity contribution in [3.63, 3.8) is 0 Å². The third-order valence-corrected chi connectivity index (χ3v) is 6.32. The van der Waals surface area contributed by atoms with Crippen LogP contribution in [-0.2, 0) is 6.54 Å². The van der Waals surface area contributed by atoms with Crippen LogP contribution < -0.4 is 5.56 Å². The van der Waals surface area contributed by atoms with Crippen molar-refractivity contribution in [3.8, 4) is 0 Å². The van der Waals surface area contributed by atoms with Gasteiger partial charge in [0.25, 0.3) is 5.56 Å². The summed E-state index contributed by atoms with van der Waals surface area (Å²) in [4.78, 5) is 30.0. The average molecular weight is 396 g/mol. The van der Waals surface area contributed by atoms with E-state index in [1.807, 2.05) is 42.5 Å². The lowest BCUT2D eigenvalue weighted by Crippen LogP contribution is -2.24. The largest absolute Gasteiger partial charge is 0.395 e. The number of ketones is 1. The lowest BCUT2D eigenvalue weighted by molar-refractivity contribution is 0.102. The number of benzene rings is 2. The smallest absolute Gasteiger partial charge is 0.272 e. The van der Waals surface area contributed by atoms with Crippen LogP contribution >= 0.6 is 23.1 Å². The molecule has 0 unspecified atom stereocenters. The van der Waals surface area contributed by atoms with Crippen molar-refractivity contribution in [1.82, 2.24) is 9.55 Å². The van der Waals surface area contributed by atoms with Gasteiger partial charge in [0, 0.05) is 15.6 Å². The Kier molecular flexibility index (Phi) is 5.07. The molecule has 0 aliphatic rings. The van der Waals surface area contributed by atoms with Crippen LogP contribution in [0.5, 0.6) is 0 Å². The summed E-state index contributed by atoms with van der Waals surface area (Å²) in [5.74, 6) is 0.149. The molecule has 0 aliphatic heterocycles. The van der Waals surface area contributed by atoms with Crippen molar-refractivity contribution >= 4 is 49.2 Å². The van der Waals surface area contributed by atoms with Crippen LogP contribution in [0.1, 0.15) is 10.4 Å². The fraction of sp³-hybridized carbons (Fsp3) is 0.150. The van der Waals surface area contributed by atoms with Gasteiger partial charge in [-0.05, 0) is 6.07 Å². The van der Waals surface area contributed by atoms with Gasteiger partial charge in [0.15, 0.2) is 10.9 Å². The summed E-state index contributed by atoms with van der Waals surface area (Å²) in [6.07, 6.45) is 0. The molecule has 0 spiro atoms. The molecule has 5 nitrogen and oxygen atoms in total. The zero-order chi connectivity index (χ0) is 18.8. The van der Waals surface area contributed by atoms with E-state index in [0.29, 0.717) is 20.9 Å². The summed E-state index contributed by atoms with van der Waals surface area (Å²) in [6.45, 7) is -0.0178. The number of thioether (sulfide) groups is 1. The quantitative estimate of drug-likeness (QED) is 0.306. The predicted molar refractivity (Wildman–Crippen MR) is 110 cm³/mol. The number of carbonyl (C=O) groups is 1. The molecule has 2 aromatic carbocycles. The maximum atomic E-state index is 12.9. The summed E-state index contributed by atoms with van der Waals surface area (Å²) in [5, 5.41) is 10.8. The Morgan fingerprint density at radius 1 is 1.11 bits per heavy atom. The van der Waals surface area contributed by atoms with Gasteiger partial charge in [0.1, 0.15) is 4.70 Å². The molecule has 4 aromatic rings. The van der Waals surface area contributed by atoms with Crippen LogP contribution in [0.4, 0.5) is 0 Å². The Morgan fingerprint density at radius 2 is 1.85 bits per heavy atom. The number of aliphatic hydroxyl groups excluding tert-OH is 1. The third kappa shape index (κ3) is 3.41. The molecule has 136 valence electrons. The van der Waals surface area contributed by atoms with Crippen molar-refractivity contribution in [2.75, 3.05) is 12.4 Å². The average Bonchev–Trinajstić information content (AvgIpc) is 3.08. The number of aromatic nitrogens is 2. The van der Waals surface area contributed by atoms with Gasteiger partial charge in [-0.15, -0.1) is 11.3 Å². The van der Waals surface area contributed by atoms with E-state index in [2.05, 4.69) is 4.98 Å². The highest BCUT2D eigenvalue weighted by Crippen LogP contribution is 2.31. The molecule has 0 saturated carbocycles. The van der Waals surface area contributed by atoms with Gasteiger partial charge in [-0.1, -0.05) is 60.3 Å². The second-order valence-corrected chi connectivity index (χ2v) is 7.92. The number of fused-ring (bicyclic) bond motifs is 3. The number of carbonyl (C=O) groups excluding carboxylic acids is 1. The van der Waals surface area contributed by atoms with Gasteiger partial charge in [0.2, 0.25) is 0 Å². The standard InChI is InChI=1S/C20H16N2O3S2/c23-11-10-22-19(25)18-17(14-8-4-5-9-16(14)27-18)21-20(22)26-12-15(24)13-6-2-1-3-7-13/h1-9,23H,10-12H2. The highest BCUT2D eigenvalue weighted by Gasteiger charge is 2.17. The predicted octanol–water partition coefficient (Wildman–Crippen LogP) is 3.58. The van der Waals surface area contributed by atoms with E-state index in [1.54, 1.807) is 12.1 Å². The Labute approximate surface area is 163 Å². The minimum absolute atomic E-state index is 0.0272. The Bertz CT molecular complexity index is 1180. The number of thiophene rings is 1. The molecular weight excluding hydrogens is 380 g/mol. The minimum Gasteiger partial charge on any atom is -0.395 e. The Hall–Kier alpha value is -2.48. The van der Waals surface area contributed by atoms with Gasteiger partial charge in [-0.2, -0.15) is 0 Å². The second kappa shape index (κ2) is 7.64. The second-order valence-electron chi connectivity index (χ2n) is 5.93. The Morgan fingerprint density at radius 3 is 2.63 bits per heavy atom. The molecule has 2 heterocycles. The topological polar surface area (TPSA) is 72.2 Å². The molecule has 0 fully saturated rings. The van der Waals surface area contributed by atoms with Gasteiger partial charge >= 0.3 is 0 Å². The van der Waals surface area contributed by atoms with E-state index >= 15 is 0 Å². The summed E-state index contributed by atoms with van der Waals surface area (Å²) < 4.78 is 3.03. The number of rotatable bonds is 6. The number of Topliss-reactive ketones (excluding diaryl/α,β-unsaturated/α-hetero) is 1. The molecule has 7 heteroatoms. The van der Waals surface area contributed by atoms with Crippen LogP contribution in [0.25, 0.3) is 20.3 Å². The van der Waals surface area contributed by atoms with Gasteiger partial charge in [-0.3, -0.25) is 14.2 Å². The first-order valence-electron chi connectivity index (χ1n) is 8.43. The zero-order valence-corrected chi connectivity index (χ0v) is 15.9. The maximum absolute atomic E-state index is 12.9. The van der Waals surface area contributed by atoms with E-state index in [9.17, 15) is 14.7 Å². The normalized spacial score (nSPS) is 11.3. The van der Waals surface area contributed by atoms with Gasteiger partial charge < -0.3 is 5.11 Å². The van der Waals surface area contributed by atoms with Gasteiger partial charge in [-0.25, -0.2) is 4.98 Å². The fourth-order valence-electron chi connectivity index (χ4n) is 2.90. The van der Waals surface area contributed by atoms with Crippen LogP contribution in [-0.4, -0.2) is 32.8 Å². The highest BCUT2D eigenvalue weighted by atomic mass is 32.2. The molecule has 4 rings (SSSR count). The molecule has 0 atom stereocenters. The zero-order valence-electron chi connectivity index (χ0n) is 14.3. The summed E-state index contributed by atoms with van der Waals surface area (Å²) >= 11 is 2.63. The molecule has 0 amide bonds. The van der Waals surface area contributed by atoms with Crippen molar-refractivity contribution < 1.29 is 9.90 Å². The van der Waals surface area contributed by atoms with Gasteiger partial charge in [0.05, 0.1) is 24.4 Å². The van der Waals surface area contributed by atoms with Crippen molar-refractivity contribution in [2.45, 2.75) is 11.7 Å². The molecule has 0 radical (unpaired) electrons. The number of hydrogen-bond donors (Lipinski definition) is 1. The molecule has 2 aromatic heterocycles. The highest BCUT2D eigenvalue weighted by molar-refractivity contribution is 7.99. The molecule has 27 heavy (non-hydrogen) atoms. The SMILES string of the molecule is O=C(CSc1nc2c(sc3ccccc32)c(=O)n1CCO)c1ccccc1. The third-order valence-electron chi connectivity index (χ3n) is 4.20. The van der Waals surface area contributed by atoms with E-state index < -0.39 is 0 Å². The lowest BCUT2D eigenvalue weighted by Gasteiger charge is -2.10. The number of nitrogens with zero attached hydrogens (tertiary/aromatic N) is 2. The molecule has 0 aliphatic carbocycles. The Balaban J connectivity index is 1.76. The first-order valence-corrected chi connectivity index (χ1v) is 10.2. The summed E-state index contributed by atoms with van der Waals surface area (Å²) in [6, 6.07) is 16.8. The molecule has 0 saturated heterocycles. The molecule has 1 N–H and O–H groups in total. The first kappa shape index (κ1) is 17.9. The van der Waals surface area contributed by atoms with Crippen LogP contribution in [0.3, 0.4) is 0 Å². The van der Waals surface area contributed by atoms with Crippen molar-refractivity contribution in [3.05, 3.63) is 70.5 Å². The minimum atomic E-state index is -0.176. The van der Waals surface area contributed by atoms with Crippen LogP contribution in [0.2, 0.25) is 0 Å². The maximum Gasteiger partial charge on any atom is 0.272 e. The van der Waals surface area contributed by atoms with E-state index in [-0.39, 0.29) is 30.2 Å². The van der Waals surface area contributed by atoms with E-state index in [4.69, 9.17) is 0 Å². The van der Waals surface area contributed by atoms with Crippen LogP contribution in [0, 0.1) is 0 Å². The summed E-state index contributed by atoms with van der Waals surface area (Å²) in [7, 11) is 0. The first-order chi connectivity index (χ1) is 13.2. The lowest BCUT2D eigenvalue weighted by atomic mass is 10.2. The van der Waals surface area contributed by atoms with Crippen molar-refractivity contribution in [1.29, 1.82) is 0 Å². The molecule has 0 bridgehead atoms. The van der Waals surface area contributed by atoms with Crippen LogP contribution in [0.15, 0.2) is 64.5 Å². The van der Waals surface area contributed by atoms with Crippen molar-refractivity contribution in [2.24, 2.45) is 0 Å². The summed E-state index contributed by atoms with van der Waals surface area (Å²) in [5.41, 5.74) is 1.11. The van der Waals surface area contributed by atoms with E-state index in [0.717, 1.165) is 10.1 Å². The fourth-order valence-corrected chi connectivity index (χ4v) is 4.90. The molecular formula is C20H16N2O3S2. The number of aliphatic hydroxyl groups is 1. The van der Waals surface area contributed by atoms with E-state index in [1.165, 1.54) is 27.7 Å². The monoisotopic (exact) mass is 396 g/mol.